The second-order valence-electron chi connectivity index (χ2n) is 4.94. The molecule has 3 heterocycles. The van der Waals surface area contributed by atoms with E-state index in [2.05, 4.69) is 59.0 Å². The maximum atomic E-state index is 4.54. The summed E-state index contributed by atoms with van der Waals surface area (Å²) in [5.41, 5.74) is 4.42. The summed E-state index contributed by atoms with van der Waals surface area (Å²) in [6.45, 7) is 20.3. The summed E-state index contributed by atoms with van der Waals surface area (Å²) in [6.07, 6.45) is 0. The molecule has 0 aliphatic rings. The van der Waals surface area contributed by atoms with Crippen molar-refractivity contribution in [2.24, 2.45) is 0 Å². The molecule has 0 saturated heterocycles. The number of benzene rings is 1. The van der Waals surface area contributed by atoms with Gasteiger partial charge in [0.1, 0.15) is 11.0 Å². The monoisotopic (exact) mass is 448 g/mol. The fourth-order valence-corrected chi connectivity index (χ4v) is 4.78. The third kappa shape index (κ3) is 7.02. The van der Waals surface area contributed by atoms with Gasteiger partial charge in [0.25, 0.3) is 0 Å². The summed E-state index contributed by atoms with van der Waals surface area (Å²) >= 11 is 4.90. The van der Waals surface area contributed by atoms with Gasteiger partial charge in [-0.3, -0.25) is 0 Å². The lowest BCUT2D eigenvalue weighted by atomic mass is 10.1. The number of hydrogen-bond acceptors (Lipinski definition) is 5. The molecule has 0 aliphatic carbocycles. The number of fused-ring (bicyclic) bond motifs is 1. The molecule has 0 amide bonds. The fourth-order valence-electron chi connectivity index (χ4n) is 2.42. The smallest absolute Gasteiger partial charge is 0.114 e. The number of aryl methyl sites for hydroxylation is 2. The first-order valence-corrected chi connectivity index (χ1v) is 13.0. The zero-order chi connectivity index (χ0) is 22.4. The van der Waals surface area contributed by atoms with Gasteiger partial charge in [0.05, 0.1) is 11.7 Å². The molecule has 3 aromatic heterocycles. The summed E-state index contributed by atoms with van der Waals surface area (Å²) in [5, 5.41) is 0. The SMILES string of the molecule is CC.CC.CC.CC.Cc1ccc(-c2ccc(-c3ccc(C)s3)c3nsnc23)s1. The Morgan fingerprint density at radius 3 is 1.14 bits per heavy atom. The second kappa shape index (κ2) is 15.3. The van der Waals surface area contributed by atoms with Crippen LogP contribution < -0.4 is 0 Å². The van der Waals surface area contributed by atoms with Gasteiger partial charge in [-0.1, -0.05) is 67.5 Å². The topological polar surface area (TPSA) is 25.8 Å². The van der Waals surface area contributed by atoms with E-state index in [9.17, 15) is 0 Å². The van der Waals surface area contributed by atoms with E-state index in [0.717, 1.165) is 11.0 Å². The number of rotatable bonds is 2. The molecule has 4 aromatic rings. The van der Waals surface area contributed by atoms with Crippen LogP contribution in [0.4, 0.5) is 0 Å². The largest absolute Gasteiger partial charge is 0.172 e. The van der Waals surface area contributed by atoms with E-state index < -0.39 is 0 Å². The minimum Gasteiger partial charge on any atom is -0.172 e. The minimum atomic E-state index is 1.02. The van der Waals surface area contributed by atoms with Gasteiger partial charge >= 0.3 is 0 Å². The van der Waals surface area contributed by atoms with Gasteiger partial charge in [-0.25, -0.2) is 0 Å². The number of nitrogens with zero attached hydrogens (tertiary/aromatic N) is 2. The first kappa shape index (κ1) is 27.4. The van der Waals surface area contributed by atoms with Crippen LogP contribution in [0, 0.1) is 13.8 Å². The third-order valence-corrected chi connectivity index (χ3v) is 6.02. The lowest BCUT2D eigenvalue weighted by molar-refractivity contribution is 1.50. The van der Waals surface area contributed by atoms with Crippen LogP contribution in [0.3, 0.4) is 0 Å². The first-order chi connectivity index (χ1) is 14.2. The average Bonchev–Trinajstić information content (AvgIpc) is 3.54. The van der Waals surface area contributed by atoms with Gasteiger partial charge in [-0.15, -0.1) is 22.7 Å². The zero-order valence-electron chi connectivity index (χ0n) is 19.6. The van der Waals surface area contributed by atoms with Crippen molar-refractivity contribution < 1.29 is 0 Å². The Bertz CT molecular complexity index is 858. The van der Waals surface area contributed by atoms with E-state index in [1.54, 1.807) is 22.7 Å². The molecule has 0 radical (unpaired) electrons. The van der Waals surface area contributed by atoms with Crippen LogP contribution >= 0.6 is 34.4 Å². The summed E-state index contributed by atoms with van der Waals surface area (Å²) < 4.78 is 9.08. The molecule has 29 heavy (non-hydrogen) atoms. The van der Waals surface area contributed by atoms with Crippen molar-refractivity contribution in [2.45, 2.75) is 69.2 Å². The van der Waals surface area contributed by atoms with Crippen molar-refractivity contribution >= 4 is 45.4 Å². The van der Waals surface area contributed by atoms with E-state index >= 15 is 0 Å². The lowest BCUT2D eigenvalue weighted by Crippen LogP contribution is -1.81. The number of thiophene rings is 2. The molecule has 4 rings (SSSR count). The molecule has 160 valence electrons. The van der Waals surface area contributed by atoms with E-state index in [1.807, 2.05) is 55.4 Å². The lowest BCUT2D eigenvalue weighted by Gasteiger charge is -2.03. The molecule has 0 aliphatic heterocycles. The molecule has 1 aromatic carbocycles. The Morgan fingerprint density at radius 1 is 0.517 bits per heavy atom. The van der Waals surface area contributed by atoms with Gasteiger partial charge in [0.2, 0.25) is 0 Å². The highest BCUT2D eigenvalue weighted by atomic mass is 32.1. The molecule has 0 spiro atoms. The molecule has 2 nitrogen and oxygen atoms in total. The Hall–Kier alpha value is -1.56. The van der Waals surface area contributed by atoms with Gasteiger partial charge in [-0.2, -0.15) is 8.75 Å². The van der Waals surface area contributed by atoms with Crippen molar-refractivity contribution in [2.75, 3.05) is 0 Å². The number of aromatic nitrogens is 2. The summed E-state index contributed by atoms with van der Waals surface area (Å²) in [7, 11) is 0. The van der Waals surface area contributed by atoms with Gasteiger partial charge in [0, 0.05) is 30.6 Å². The molecule has 0 bridgehead atoms. The van der Waals surface area contributed by atoms with Crippen LogP contribution in [0.1, 0.15) is 65.1 Å². The molecule has 0 N–H and O–H groups in total. The first-order valence-electron chi connectivity index (χ1n) is 10.6. The summed E-state index contributed by atoms with van der Waals surface area (Å²) in [5.74, 6) is 0. The molecular formula is C24H36N2S3. The molecular weight excluding hydrogens is 412 g/mol. The zero-order valence-corrected chi connectivity index (χ0v) is 22.0. The van der Waals surface area contributed by atoms with Crippen molar-refractivity contribution in [3.8, 4) is 20.9 Å². The predicted molar refractivity (Wildman–Crippen MR) is 139 cm³/mol. The minimum absolute atomic E-state index is 1.02. The Balaban J connectivity index is 0.000000881. The average molecular weight is 449 g/mol. The molecule has 0 unspecified atom stereocenters. The van der Waals surface area contributed by atoms with E-state index in [4.69, 9.17) is 0 Å². The fraction of sp³-hybridized carbons (Fsp3) is 0.417. The van der Waals surface area contributed by atoms with Crippen molar-refractivity contribution in [1.29, 1.82) is 0 Å². The van der Waals surface area contributed by atoms with Crippen LogP contribution in [0.15, 0.2) is 36.4 Å². The molecule has 0 saturated carbocycles. The van der Waals surface area contributed by atoms with E-state index in [1.165, 1.54) is 42.4 Å². The van der Waals surface area contributed by atoms with Crippen LogP contribution in [0.2, 0.25) is 0 Å². The van der Waals surface area contributed by atoms with Gasteiger partial charge in [0.15, 0.2) is 0 Å². The molecule has 0 fully saturated rings. The van der Waals surface area contributed by atoms with Crippen LogP contribution in [0.25, 0.3) is 31.9 Å². The van der Waals surface area contributed by atoms with E-state index in [-0.39, 0.29) is 0 Å². The second-order valence-corrected chi connectivity index (χ2v) is 8.05. The van der Waals surface area contributed by atoms with Crippen LogP contribution in [-0.2, 0) is 0 Å². The third-order valence-electron chi connectivity index (χ3n) is 3.43. The Labute approximate surface area is 190 Å². The summed E-state index contributed by atoms with van der Waals surface area (Å²) in [6, 6.07) is 13.0. The highest BCUT2D eigenvalue weighted by Crippen LogP contribution is 2.38. The predicted octanol–water partition coefficient (Wildman–Crippen LogP) is 9.87. The number of hydrogen-bond donors (Lipinski definition) is 0. The Morgan fingerprint density at radius 2 is 0.862 bits per heavy atom. The molecule has 0 atom stereocenters. The highest BCUT2D eigenvalue weighted by Gasteiger charge is 2.15. The highest BCUT2D eigenvalue weighted by molar-refractivity contribution is 7.16. The normalized spacial score (nSPS) is 9.03. The van der Waals surface area contributed by atoms with Crippen LogP contribution in [-0.4, -0.2) is 8.75 Å². The maximum Gasteiger partial charge on any atom is 0.114 e. The van der Waals surface area contributed by atoms with Crippen molar-refractivity contribution in [3.05, 3.63) is 46.2 Å². The maximum absolute atomic E-state index is 4.54. The molecule has 5 heteroatoms. The van der Waals surface area contributed by atoms with Crippen molar-refractivity contribution in [1.82, 2.24) is 8.75 Å². The Kier molecular flexibility index (Phi) is 14.5. The quantitative estimate of drug-likeness (QED) is 0.305. The van der Waals surface area contributed by atoms with Gasteiger partial charge < -0.3 is 0 Å². The van der Waals surface area contributed by atoms with E-state index in [0.29, 0.717) is 0 Å². The summed E-state index contributed by atoms with van der Waals surface area (Å²) in [4.78, 5) is 5.16. The van der Waals surface area contributed by atoms with Crippen molar-refractivity contribution in [3.63, 3.8) is 0 Å². The van der Waals surface area contributed by atoms with Gasteiger partial charge in [-0.05, 0) is 38.1 Å². The standard InChI is InChI=1S/C16H12N2S3.4C2H6/c1-9-3-7-13(19-9)11-5-6-12(14-8-4-10(2)20-14)16-15(11)17-21-18-16;4*1-2/h3-8H,1-2H3;4*1-2H3. The van der Waals surface area contributed by atoms with Crippen LogP contribution in [0.5, 0.6) is 0 Å².